The van der Waals surface area contributed by atoms with Gasteiger partial charge in [0.05, 0.1) is 17.5 Å². The number of phenolic OH excluding ortho intramolecular Hbond substituents is 1. The summed E-state index contributed by atoms with van der Waals surface area (Å²) in [4.78, 5) is 0. The summed E-state index contributed by atoms with van der Waals surface area (Å²) in [6.45, 7) is 3.97. The van der Waals surface area contributed by atoms with E-state index in [0.29, 0.717) is 5.69 Å². The lowest BCUT2D eigenvalue weighted by Gasteiger charge is -2.13. The molecule has 0 atom stereocenters. The molecule has 0 saturated carbocycles. The van der Waals surface area contributed by atoms with Crippen molar-refractivity contribution in [2.45, 2.75) is 20.0 Å². The second-order valence-corrected chi connectivity index (χ2v) is 4.59. The largest absolute Gasteiger partial charge is 0.508 e. The minimum Gasteiger partial charge on any atom is -0.508 e. The van der Waals surface area contributed by atoms with Gasteiger partial charge in [-0.05, 0) is 38.1 Å². The molecule has 2 aromatic rings. The summed E-state index contributed by atoms with van der Waals surface area (Å²) < 4.78 is 5.63. The Labute approximate surface area is 112 Å². The third kappa shape index (κ3) is 3.55. The van der Waals surface area contributed by atoms with E-state index in [1.54, 1.807) is 12.1 Å². The zero-order valence-electron chi connectivity index (χ0n) is 11.1. The average molecular weight is 258 g/mol. The molecule has 2 rings (SSSR count). The summed E-state index contributed by atoms with van der Waals surface area (Å²) in [6.07, 6.45) is 0.133. The van der Waals surface area contributed by atoms with Crippen LogP contribution in [0.4, 0.5) is 17.1 Å². The standard InChI is InChI=1S/C15H18N2O2/c1-10(2)19-13-5-3-4-11(8-13)17-15-7-6-12(18)9-14(15)16/h3-10,17-18H,16H2,1-2H3. The first-order valence-electron chi connectivity index (χ1n) is 6.17. The molecule has 0 aliphatic heterocycles. The van der Waals surface area contributed by atoms with Crippen LogP contribution in [0.5, 0.6) is 11.5 Å². The van der Waals surface area contributed by atoms with E-state index in [9.17, 15) is 5.11 Å². The van der Waals surface area contributed by atoms with Crippen molar-refractivity contribution in [3.8, 4) is 11.5 Å². The molecule has 4 heteroatoms. The zero-order valence-corrected chi connectivity index (χ0v) is 11.1. The molecule has 100 valence electrons. The summed E-state index contributed by atoms with van der Waals surface area (Å²) in [7, 11) is 0. The lowest BCUT2D eigenvalue weighted by atomic mass is 10.2. The summed E-state index contributed by atoms with van der Waals surface area (Å²) >= 11 is 0. The van der Waals surface area contributed by atoms with Gasteiger partial charge in [0, 0.05) is 17.8 Å². The van der Waals surface area contributed by atoms with Gasteiger partial charge in [0.15, 0.2) is 0 Å². The van der Waals surface area contributed by atoms with Gasteiger partial charge in [-0.3, -0.25) is 0 Å². The molecule has 2 aromatic carbocycles. The molecule has 0 unspecified atom stereocenters. The van der Waals surface area contributed by atoms with E-state index < -0.39 is 0 Å². The molecule has 0 saturated heterocycles. The normalized spacial score (nSPS) is 10.5. The van der Waals surface area contributed by atoms with Crippen molar-refractivity contribution in [1.29, 1.82) is 0 Å². The molecule has 0 aliphatic rings. The molecule has 0 spiro atoms. The Morgan fingerprint density at radius 1 is 1.16 bits per heavy atom. The van der Waals surface area contributed by atoms with Crippen LogP contribution in [0.25, 0.3) is 0 Å². The molecule has 19 heavy (non-hydrogen) atoms. The van der Waals surface area contributed by atoms with Crippen LogP contribution in [0.2, 0.25) is 0 Å². The number of phenols is 1. The highest BCUT2D eigenvalue weighted by Crippen LogP contribution is 2.28. The molecular weight excluding hydrogens is 240 g/mol. The van der Waals surface area contributed by atoms with Crippen molar-refractivity contribution in [2.75, 3.05) is 11.1 Å². The summed E-state index contributed by atoms with van der Waals surface area (Å²) in [6, 6.07) is 12.5. The van der Waals surface area contributed by atoms with Crippen LogP contribution in [0, 0.1) is 0 Å². The second kappa shape index (κ2) is 5.52. The maximum Gasteiger partial charge on any atom is 0.121 e. The predicted molar refractivity (Wildman–Crippen MR) is 78.0 cm³/mol. The smallest absolute Gasteiger partial charge is 0.121 e. The number of nitrogens with two attached hydrogens (primary N) is 1. The van der Waals surface area contributed by atoms with Gasteiger partial charge in [-0.25, -0.2) is 0 Å². The third-order valence-electron chi connectivity index (χ3n) is 2.52. The van der Waals surface area contributed by atoms with Gasteiger partial charge in [-0.15, -0.1) is 0 Å². The Morgan fingerprint density at radius 3 is 2.63 bits per heavy atom. The number of hydrogen-bond acceptors (Lipinski definition) is 4. The van der Waals surface area contributed by atoms with E-state index in [-0.39, 0.29) is 11.9 Å². The number of rotatable bonds is 4. The van der Waals surface area contributed by atoms with E-state index in [0.717, 1.165) is 17.1 Å². The first-order chi connectivity index (χ1) is 9.04. The molecule has 0 radical (unpaired) electrons. The Morgan fingerprint density at radius 2 is 1.95 bits per heavy atom. The molecule has 0 bridgehead atoms. The van der Waals surface area contributed by atoms with Crippen molar-refractivity contribution in [2.24, 2.45) is 0 Å². The van der Waals surface area contributed by atoms with Crippen molar-refractivity contribution >= 4 is 17.1 Å². The lowest BCUT2D eigenvalue weighted by molar-refractivity contribution is 0.242. The molecule has 4 N–H and O–H groups in total. The topological polar surface area (TPSA) is 67.5 Å². The number of anilines is 3. The number of aromatic hydroxyl groups is 1. The number of nitrogen functional groups attached to an aromatic ring is 1. The van der Waals surface area contributed by atoms with Crippen LogP contribution in [-0.2, 0) is 0 Å². The van der Waals surface area contributed by atoms with Crippen molar-refractivity contribution in [3.63, 3.8) is 0 Å². The number of nitrogens with one attached hydrogen (secondary N) is 1. The van der Waals surface area contributed by atoms with E-state index >= 15 is 0 Å². The maximum atomic E-state index is 9.32. The Balaban J connectivity index is 2.18. The van der Waals surface area contributed by atoms with Crippen LogP contribution >= 0.6 is 0 Å². The van der Waals surface area contributed by atoms with Gasteiger partial charge in [0.2, 0.25) is 0 Å². The van der Waals surface area contributed by atoms with Gasteiger partial charge in [-0.2, -0.15) is 0 Å². The predicted octanol–water partition coefficient (Wildman–Crippen LogP) is 3.51. The fraction of sp³-hybridized carbons (Fsp3) is 0.200. The average Bonchev–Trinajstić information content (AvgIpc) is 2.32. The van der Waals surface area contributed by atoms with Crippen LogP contribution < -0.4 is 15.8 Å². The molecule has 4 nitrogen and oxygen atoms in total. The maximum absolute atomic E-state index is 9.32. The van der Waals surface area contributed by atoms with Crippen molar-refractivity contribution < 1.29 is 9.84 Å². The fourth-order valence-electron chi connectivity index (χ4n) is 1.74. The molecule has 0 aromatic heterocycles. The van der Waals surface area contributed by atoms with Gasteiger partial charge in [-0.1, -0.05) is 6.07 Å². The third-order valence-corrected chi connectivity index (χ3v) is 2.52. The SMILES string of the molecule is CC(C)Oc1cccc(Nc2ccc(O)cc2N)c1. The summed E-state index contributed by atoms with van der Waals surface area (Å²) in [5.41, 5.74) is 7.96. The fourth-order valence-corrected chi connectivity index (χ4v) is 1.74. The van der Waals surface area contributed by atoms with E-state index in [2.05, 4.69) is 5.32 Å². The van der Waals surface area contributed by atoms with Crippen molar-refractivity contribution in [1.82, 2.24) is 0 Å². The Bertz CT molecular complexity index is 568. The summed E-state index contributed by atoms with van der Waals surface area (Å²) in [5.74, 6) is 0.956. The molecule has 0 fully saturated rings. The van der Waals surface area contributed by atoms with Crippen LogP contribution in [0.15, 0.2) is 42.5 Å². The van der Waals surface area contributed by atoms with E-state index in [1.165, 1.54) is 6.07 Å². The highest BCUT2D eigenvalue weighted by atomic mass is 16.5. The molecule has 0 amide bonds. The van der Waals surface area contributed by atoms with Gasteiger partial charge in [0.25, 0.3) is 0 Å². The summed E-state index contributed by atoms with van der Waals surface area (Å²) in [5, 5.41) is 12.5. The zero-order chi connectivity index (χ0) is 13.8. The van der Waals surface area contributed by atoms with Gasteiger partial charge >= 0.3 is 0 Å². The van der Waals surface area contributed by atoms with Gasteiger partial charge in [0.1, 0.15) is 11.5 Å². The quantitative estimate of drug-likeness (QED) is 0.580. The van der Waals surface area contributed by atoms with Gasteiger partial charge < -0.3 is 20.9 Å². The minimum atomic E-state index is 0.133. The molecule has 0 aliphatic carbocycles. The van der Waals surface area contributed by atoms with Crippen LogP contribution in [0.1, 0.15) is 13.8 Å². The van der Waals surface area contributed by atoms with Crippen molar-refractivity contribution in [3.05, 3.63) is 42.5 Å². The van der Waals surface area contributed by atoms with Crippen LogP contribution in [-0.4, -0.2) is 11.2 Å². The highest BCUT2D eigenvalue weighted by Gasteiger charge is 2.03. The first-order valence-corrected chi connectivity index (χ1v) is 6.17. The van der Waals surface area contributed by atoms with Crippen LogP contribution in [0.3, 0.4) is 0 Å². The first kappa shape index (κ1) is 13.1. The lowest BCUT2D eigenvalue weighted by Crippen LogP contribution is -2.05. The highest BCUT2D eigenvalue weighted by molar-refractivity contribution is 5.74. The Hall–Kier alpha value is -2.36. The van der Waals surface area contributed by atoms with E-state index in [1.807, 2.05) is 38.1 Å². The number of benzene rings is 2. The minimum absolute atomic E-state index is 0.133. The molecular formula is C15H18N2O2. The monoisotopic (exact) mass is 258 g/mol. The number of ether oxygens (including phenoxy) is 1. The second-order valence-electron chi connectivity index (χ2n) is 4.59. The molecule has 0 heterocycles. The number of hydrogen-bond donors (Lipinski definition) is 3. The van der Waals surface area contributed by atoms with E-state index in [4.69, 9.17) is 10.5 Å². The Kier molecular flexibility index (Phi) is 3.80.